The molecule has 0 saturated heterocycles. The number of fused-ring (bicyclic) bond motifs is 1. The molecule has 0 fully saturated rings. The highest BCUT2D eigenvalue weighted by atomic mass is 32.1. The third kappa shape index (κ3) is 4.36. The van der Waals surface area contributed by atoms with E-state index in [9.17, 15) is 9.59 Å². The molecule has 2 aromatic heterocycles. The number of thiophene rings is 1. The number of amides is 1. The normalized spacial score (nSPS) is 13.4. The quantitative estimate of drug-likeness (QED) is 0.461. The Morgan fingerprint density at radius 1 is 1.33 bits per heavy atom. The van der Waals surface area contributed by atoms with E-state index < -0.39 is 0 Å². The van der Waals surface area contributed by atoms with Crippen molar-refractivity contribution in [2.75, 3.05) is 11.9 Å². The smallest absolute Gasteiger partial charge is 0.341 e. The van der Waals surface area contributed by atoms with E-state index in [1.165, 1.54) is 20.9 Å². The van der Waals surface area contributed by atoms with E-state index in [1.54, 1.807) is 26.2 Å². The highest BCUT2D eigenvalue weighted by molar-refractivity contribution is 7.80. The van der Waals surface area contributed by atoms with Crippen molar-refractivity contribution in [3.63, 3.8) is 0 Å². The van der Waals surface area contributed by atoms with E-state index in [2.05, 4.69) is 15.7 Å². The van der Waals surface area contributed by atoms with Gasteiger partial charge < -0.3 is 10.1 Å². The fourth-order valence-corrected chi connectivity index (χ4v) is 4.69. The van der Waals surface area contributed by atoms with Gasteiger partial charge in [-0.15, -0.1) is 11.3 Å². The molecule has 0 bridgehead atoms. The molecule has 2 N–H and O–H groups in total. The second-order valence-electron chi connectivity index (χ2n) is 6.24. The first-order chi connectivity index (χ1) is 13.0. The first-order valence-electron chi connectivity index (χ1n) is 8.93. The Bertz CT molecular complexity index is 872. The summed E-state index contributed by atoms with van der Waals surface area (Å²) in [5.74, 6) is -0.705. The van der Waals surface area contributed by atoms with Crippen LogP contribution in [-0.2, 0) is 24.6 Å². The maximum atomic E-state index is 12.5. The van der Waals surface area contributed by atoms with Crippen LogP contribution in [0.5, 0.6) is 0 Å². The fraction of sp³-hybridized carbons (Fsp3) is 0.444. The molecule has 27 heavy (non-hydrogen) atoms. The van der Waals surface area contributed by atoms with Crippen molar-refractivity contribution in [2.45, 2.75) is 39.0 Å². The molecule has 0 radical (unpaired) electrons. The van der Waals surface area contributed by atoms with E-state index in [0.717, 1.165) is 37.7 Å². The molecule has 1 aliphatic carbocycles. The topological polar surface area (TPSA) is 85.2 Å². The standard InChI is InChI=1S/C18H22N4O3S2/c1-3-25-17(24)14-11-7-5-4-6-8-13(11)27-16(14)21-18(26)20-15(23)12-9-10-19-22(12)2/h9-10H,3-8H2,1-2H3,(H2,20,21,23,26). The number of ether oxygens (including phenoxy) is 1. The van der Waals surface area contributed by atoms with Gasteiger partial charge >= 0.3 is 5.97 Å². The Kier molecular flexibility index (Phi) is 6.22. The summed E-state index contributed by atoms with van der Waals surface area (Å²) in [6.45, 7) is 2.10. The largest absolute Gasteiger partial charge is 0.462 e. The van der Waals surface area contributed by atoms with Gasteiger partial charge in [0.25, 0.3) is 5.91 Å². The number of carbonyl (C=O) groups is 2. The number of thiocarbonyl (C=S) groups is 1. The highest BCUT2D eigenvalue weighted by Gasteiger charge is 2.26. The van der Waals surface area contributed by atoms with Crippen LogP contribution in [-0.4, -0.2) is 33.4 Å². The number of hydrogen-bond donors (Lipinski definition) is 2. The average Bonchev–Trinajstić information content (AvgIpc) is 3.11. The van der Waals surface area contributed by atoms with Gasteiger partial charge in [0.05, 0.1) is 12.2 Å². The zero-order valence-electron chi connectivity index (χ0n) is 15.3. The molecule has 9 heteroatoms. The lowest BCUT2D eigenvalue weighted by atomic mass is 10.1. The molecule has 0 aromatic carbocycles. The molecular formula is C18H22N4O3S2. The molecule has 0 atom stereocenters. The molecule has 144 valence electrons. The third-order valence-electron chi connectivity index (χ3n) is 4.41. The lowest BCUT2D eigenvalue weighted by Gasteiger charge is -2.11. The van der Waals surface area contributed by atoms with E-state index in [-0.39, 0.29) is 17.0 Å². The predicted molar refractivity (Wildman–Crippen MR) is 108 cm³/mol. The zero-order valence-corrected chi connectivity index (χ0v) is 17.0. The Morgan fingerprint density at radius 3 is 2.81 bits per heavy atom. The summed E-state index contributed by atoms with van der Waals surface area (Å²) in [5, 5.41) is 10.4. The minimum Gasteiger partial charge on any atom is -0.462 e. The molecule has 2 aromatic rings. The van der Waals surface area contributed by atoms with Crippen LogP contribution in [0, 0.1) is 0 Å². The second-order valence-corrected chi connectivity index (χ2v) is 7.75. The number of aryl methyl sites for hydroxylation is 2. The molecule has 1 amide bonds. The van der Waals surface area contributed by atoms with E-state index >= 15 is 0 Å². The monoisotopic (exact) mass is 406 g/mol. The summed E-state index contributed by atoms with van der Waals surface area (Å²) in [4.78, 5) is 26.0. The Labute approximate surface area is 167 Å². The van der Waals surface area contributed by atoms with Crippen LogP contribution in [0.25, 0.3) is 0 Å². The molecule has 1 aliphatic rings. The molecule has 0 saturated carbocycles. The van der Waals surface area contributed by atoms with Crippen LogP contribution in [0.2, 0.25) is 0 Å². The Hall–Kier alpha value is -2.26. The van der Waals surface area contributed by atoms with Gasteiger partial charge in [-0.2, -0.15) is 5.10 Å². The number of anilines is 1. The van der Waals surface area contributed by atoms with Gasteiger partial charge in [-0.05, 0) is 56.5 Å². The average molecular weight is 407 g/mol. The number of rotatable bonds is 4. The number of aromatic nitrogens is 2. The zero-order chi connectivity index (χ0) is 19.4. The lowest BCUT2D eigenvalue weighted by Crippen LogP contribution is -2.35. The SMILES string of the molecule is CCOC(=O)c1c(NC(=S)NC(=O)c2ccnn2C)sc2c1CCCCC2. The number of carbonyl (C=O) groups excluding carboxylic acids is 2. The number of nitrogens with zero attached hydrogens (tertiary/aromatic N) is 2. The molecule has 0 aliphatic heterocycles. The number of nitrogens with one attached hydrogen (secondary N) is 2. The van der Waals surface area contributed by atoms with Crippen molar-refractivity contribution >= 4 is 45.5 Å². The van der Waals surface area contributed by atoms with Gasteiger partial charge in [0, 0.05) is 18.1 Å². The summed E-state index contributed by atoms with van der Waals surface area (Å²) < 4.78 is 6.72. The van der Waals surface area contributed by atoms with Gasteiger partial charge in [0.1, 0.15) is 10.7 Å². The molecule has 2 heterocycles. The maximum Gasteiger partial charge on any atom is 0.341 e. The van der Waals surface area contributed by atoms with Crippen molar-refractivity contribution in [1.82, 2.24) is 15.1 Å². The minimum absolute atomic E-state index is 0.142. The Morgan fingerprint density at radius 2 is 2.11 bits per heavy atom. The van der Waals surface area contributed by atoms with Crippen LogP contribution in [0.15, 0.2) is 12.3 Å². The first-order valence-corrected chi connectivity index (χ1v) is 10.2. The van der Waals surface area contributed by atoms with Gasteiger partial charge in [0.15, 0.2) is 5.11 Å². The van der Waals surface area contributed by atoms with Gasteiger partial charge in [-0.3, -0.25) is 14.8 Å². The fourth-order valence-electron chi connectivity index (χ4n) is 3.15. The summed E-state index contributed by atoms with van der Waals surface area (Å²) in [7, 11) is 1.68. The van der Waals surface area contributed by atoms with Gasteiger partial charge in [-0.25, -0.2) is 4.79 Å². The number of esters is 1. The summed E-state index contributed by atoms with van der Waals surface area (Å²) >= 11 is 6.81. The predicted octanol–water partition coefficient (Wildman–Crippen LogP) is 3.05. The van der Waals surface area contributed by atoms with E-state index in [4.69, 9.17) is 17.0 Å². The van der Waals surface area contributed by atoms with Crippen LogP contribution in [0.4, 0.5) is 5.00 Å². The van der Waals surface area contributed by atoms with Crippen molar-refractivity contribution in [3.8, 4) is 0 Å². The van der Waals surface area contributed by atoms with Crippen LogP contribution in [0.1, 0.15) is 57.5 Å². The lowest BCUT2D eigenvalue weighted by molar-refractivity contribution is 0.0526. The van der Waals surface area contributed by atoms with Crippen molar-refractivity contribution in [2.24, 2.45) is 7.05 Å². The molecule has 7 nitrogen and oxygen atoms in total. The molecule has 0 unspecified atom stereocenters. The van der Waals surface area contributed by atoms with Crippen LogP contribution in [0.3, 0.4) is 0 Å². The molecular weight excluding hydrogens is 384 g/mol. The Balaban J connectivity index is 1.81. The van der Waals surface area contributed by atoms with E-state index in [1.807, 2.05) is 0 Å². The van der Waals surface area contributed by atoms with Crippen molar-refractivity contribution < 1.29 is 14.3 Å². The minimum atomic E-state index is -0.358. The van der Waals surface area contributed by atoms with E-state index in [0.29, 0.717) is 22.9 Å². The van der Waals surface area contributed by atoms with Gasteiger partial charge in [-0.1, -0.05) is 6.42 Å². The van der Waals surface area contributed by atoms with Crippen molar-refractivity contribution in [1.29, 1.82) is 0 Å². The number of hydrogen-bond acceptors (Lipinski definition) is 6. The summed E-state index contributed by atoms with van der Waals surface area (Å²) in [6, 6.07) is 1.61. The van der Waals surface area contributed by atoms with Crippen LogP contribution >= 0.6 is 23.6 Å². The third-order valence-corrected chi connectivity index (χ3v) is 5.82. The second kappa shape index (κ2) is 8.62. The summed E-state index contributed by atoms with van der Waals surface area (Å²) in [5.41, 5.74) is 2.00. The van der Waals surface area contributed by atoms with Crippen LogP contribution < -0.4 is 10.6 Å². The van der Waals surface area contributed by atoms with Gasteiger partial charge in [0.2, 0.25) is 0 Å². The molecule has 3 rings (SSSR count). The first kappa shape index (κ1) is 19.5. The summed E-state index contributed by atoms with van der Waals surface area (Å²) in [6.07, 6.45) is 6.66. The highest BCUT2D eigenvalue weighted by Crippen LogP contribution is 2.38. The molecule has 0 spiro atoms. The maximum absolute atomic E-state index is 12.5. The van der Waals surface area contributed by atoms with Crippen molar-refractivity contribution in [3.05, 3.63) is 34.0 Å².